The normalized spacial score (nSPS) is 10.5. The highest BCUT2D eigenvalue weighted by atomic mass is 35.5. The van der Waals surface area contributed by atoms with E-state index in [2.05, 4.69) is 20.6 Å². The summed E-state index contributed by atoms with van der Waals surface area (Å²) >= 11 is 5.84. The lowest BCUT2D eigenvalue weighted by Gasteiger charge is -2.05. The molecular weight excluding hydrogens is 322 g/mol. The van der Waals surface area contributed by atoms with E-state index in [0.29, 0.717) is 21.7 Å². The number of hydrogen-bond donors (Lipinski definition) is 3. The molecule has 0 aliphatic carbocycles. The number of carbonyl (C=O) groups excluding carboxylic acids is 1. The number of nitrogens with zero attached hydrogens (tertiary/aromatic N) is 2. The molecule has 0 atom stereocenters. The maximum atomic E-state index is 11.9. The van der Waals surface area contributed by atoms with Gasteiger partial charge >= 0.3 is 6.03 Å². The SMILES string of the molecule is O=C(Nc1cccc(Cl)c1)Nc1nc2ccc([N+](=O)[O-])cc2[nH]1. The Kier molecular flexibility index (Phi) is 3.82. The Bertz CT molecular complexity index is 908. The lowest BCUT2D eigenvalue weighted by atomic mass is 10.3. The number of nitro groups is 1. The molecule has 0 aliphatic rings. The molecule has 8 nitrogen and oxygen atoms in total. The number of imidazole rings is 1. The van der Waals surface area contributed by atoms with Crippen LogP contribution in [0, 0.1) is 10.1 Å². The maximum Gasteiger partial charge on any atom is 0.326 e. The summed E-state index contributed by atoms with van der Waals surface area (Å²) < 4.78 is 0. The van der Waals surface area contributed by atoms with Crippen LogP contribution >= 0.6 is 11.6 Å². The Hall–Kier alpha value is -3.13. The number of non-ortho nitro benzene ring substituents is 1. The van der Waals surface area contributed by atoms with Crippen molar-refractivity contribution in [2.24, 2.45) is 0 Å². The molecule has 1 aromatic heterocycles. The van der Waals surface area contributed by atoms with Gasteiger partial charge < -0.3 is 10.3 Å². The smallest absolute Gasteiger partial charge is 0.324 e. The molecule has 116 valence electrons. The van der Waals surface area contributed by atoms with Gasteiger partial charge in [0.25, 0.3) is 5.69 Å². The lowest BCUT2D eigenvalue weighted by Crippen LogP contribution is -2.20. The maximum absolute atomic E-state index is 11.9. The van der Waals surface area contributed by atoms with Gasteiger partial charge in [-0.05, 0) is 24.3 Å². The number of aromatic amines is 1. The van der Waals surface area contributed by atoms with Crippen LogP contribution in [0.2, 0.25) is 5.02 Å². The third kappa shape index (κ3) is 3.38. The Labute approximate surface area is 134 Å². The van der Waals surface area contributed by atoms with Gasteiger partial charge in [0.05, 0.1) is 16.0 Å². The van der Waals surface area contributed by atoms with Gasteiger partial charge in [0.15, 0.2) is 0 Å². The summed E-state index contributed by atoms with van der Waals surface area (Å²) in [5.41, 5.74) is 1.43. The highest BCUT2D eigenvalue weighted by molar-refractivity contribution is 6.30. The number of hydrogen-bond acceptors (Lipinski definition) is 4. The van der Waals surface area contributed by atoms with Crippen LogP contribution in [0.15, 0.2) is 42.5 Å². The Morgan fingerprint density at radius 3 is 2.78 bits per heavy atom. The van der Waals surface area contributed by atoms with Crippen LogP contribution in [0.4, 0.5) is 22.1 Å². The van der Waals surface area contributed by atoms with Crippen LogP contribution in [-0.4, -0.2) is 20.9 Å². The van der Waals surface area contributed by atoms with Crippen molar-refractivity contribution in [1.82, 2.24) is 9.97 Å². The summed E-state index contributed by atoms with van der Waals surface area (Å²) in [4.78, 5) is 29.1. The predicted molar refractivity (Wildman–Crippen MR) is 86.8 cm³/mol. The molecule has 0 spiro atoms. The number of rotatable bonds is 3. The first kappa shape index (κ1) is 14.8. The predicted octanol–water partition coefficient (Wildman–Crippen LogP) is 3.77. The van der Waals surface area contributed by atoms with E-state index in [1.54, 1.807) is 24.3 Å². The molecule has 0 fully saturated rings. The molecule has 2 amide bonds. The van der Waals surface area contributed by atoms with Crippen LogP contribution in [-0.2, 0) is 0 Å². The molecule has 2 aromatic carbocycles. The van der Waals surface area contributed by atoms with E-state index in [1.807, 2.05) is 0 Å². The molecule has 0 saturated carbocycles. The average Bonchev–Trinajstić information content (AvgIpc) is 2.87. The van der Waals surface area contributed by atoms with E-state index in [9.17, 15) is 14.9 Å². The van der Waals surface area contributed by atoms with Crippen molar-refractivity contribution in [3.63, 3.8) is 0 Å². The van der Waals surface area contributed by atoms with Crippen molar-refractivity contribution in [3.8, 4) is 0 Å². The van der Waals surface area contributed by atoms with Crippen LogP contribution in [0.25, 0.3) is 11.0 Å². The zero-order valence-corrected chi connectivity index (χ0v) is 12.3. The van der Waals surface area contributed by atoms with E-state index in [-0.39, 0.29) is 11.6 Å². The minimum Gasteiger partial charge on any atom is -0.324 e. The van der Waals surface area contributed by atoms with Gasteiger partial charge in [-0.15, -0.1) is 0 Å². The van der Waals surface area contributed by atoms with E-state index >= 15 is 0 Å². The highest BCUT2D eigenvalue weighted by Gasteiger charge is 2.11. The van der Waals surface area contributed by atoms with Crippen molar-refractivity contribution < 1.29 is 9.72 Å². The Balaban J connectivity index is 1.75. The highest BCUT2D eigenvalue weighted by Crippen LogP contribution is 2.21. The van der Waals surface area contributed by atoms with E-state index in [1.165, 1.54) is 18.2 Å². The fraction of sp³-hybridized carbons (Fsp3) is 0. The number of urea groups is 1. The number of halogens is 1. The molecule has 0 aliphatic heterocycles. The van der Waals surface area contributed by atoms with Gasteiger partial charge in [-0.3, -0.25) is 15.4 Å². The molecule has 0 bridgehead atoms. The zero-order chi connectivity index (χ0) is 16.4. The second kappa shape index (κ2) is 5.93. The summed E-state index contributed by atoms with van der Waals surface area (Å²) in [6.07, 6.45) is 0. The van der Waals surface area contributed by atoms with E-state index < -0.39 is 11.0 Å². The number of fused-ring (bicyclic) bond motifs is 1. The number of nitro benzene ring substituents is 1. The number of nitrogens with one attached hydrogen (secondary N) is 3. The number of H-pyrrole nitrogens is 1. The van der Waals surface area contributed by atoms with Gasteiger partial charge in [-0.2, -0.15) is 0 Å². The Morgan fingerprint density at radius 2 is 2.04 bits per heavy atom. The monoisotopic (exact) mass is 331 g/mol. The number of aromatic nitrogens is 2. The second-order valence-corrected chi connectivity index (χ2v) is 5.07. The first-order valence-electron chi connectivity index (χ1n) is 6.49. The van der Waals surface area contributed by atoms with E-state index in [4.69, 9.17) is 11.6 Å². The summed E-state index contributed by atoms with van der Waals surface area (Å²) in [6, 6.07) is 10.4. The lowest BCUT2D eigenvalue weighted by molar-refractivity contribution is -0.384. The van der Waals surface area contributed by atoms with Crippen molar-refractivity contribution in [1.29, 1.82) is 0 Å². The van der Waals surface area contributed by atoms with Gasteiger partial charge in [0.2, 0.25) is 5.95 Å². The van der Waals surface area contributed by atoms with Crippen LogP contribution in [0.5, 0.6) is 0 Å². The summed E-state index contributed by atoms with van der Waals surface area (Å²) in [5.74, 6) is 0.181. The van der Waals surface area contributed by atoms with Gasteiger partial charge in [0.1, 0.15) is 0 Å². The fourth-order valence-electron chi connectivity index (χ4n) is 2.01. The van der Waals surface area contributed by atoms with Crippen LogP contribution in [0.1, 0.15) is 0 Å². The second-order valence-electron chi connectivity index (χ2n) is 4.63. The fourth-order valence-corrected chi connectivity index (χ4v) is 2.20. The molecule has 9 heteroatoms. The zero-order valence-electron chi connectivity index (χ0n) is 11.5. The minimum absolute atomic E-state index is 0.0592. The van der Waals surface area contributed by atoms with Gasteiger partial charge in [-0.25, -0.2) is 9.78 Å². The molecule has 1 heterocycles. The number of carbonyl (C=O) groups is 1. The molecular formula is C14H10ClN5O3. The summed E-state index contributed by atoms with van der Waals surface area (Å²) in [5, 5.41) is 16.4. The summed E-state index contributed by atoms with van der Waals surface area (Å²) in [7, 11) is 0. The first-order chi connectivity index (χ1) is 11.0. The largest absolute Gasteiger partial charge is 0.326 e. The van der Waals surface area contributed by atoms with Crippen molar-refractivity contribution in [3.05, 3.63) is 57.6 Å². The molecule has 0 saturated heterocycles. The van der Waals surface area contributed by atoms with Crippen molar-refractivity contribution in [2.45, 2.75) is 0 Å². The molecule has 0 radical (unpaired) electrons. The van der Waals surface area contributed by atoms with Gasteiger partial charge in [-0.1, -0.05) is 17.7 Å². The van der Waals surface area contributed by atoms with Gasteiger partial charge in [0, 0.05) is 22.8 Å². The quantitative estimate of drug-likeness (QED) is 0.500. The van der Waals surface area contributed by atoms with Crippen LogP contribution < -0.4 is 10.6 Å². The van der Waals surface area contributed by atoms with Crippen molar-refractivity contribution in [2.75, 3.05) is 10.6 Å². The molecule has 0 unspecified atom stereocenters. The molecule has 3 rings (SSSR count). The standard InChI is InChI=1S/C14H10ClN5O3/c15-8-2-1-3-9(6-8)16-14(21)19-13-17-11-5-4-10(20(22)23)7-12(11)18-13/h1-7H,(H3,16,17,18,19,21). The molecule has 3 aromatic rings. The summed E-state index contributed by atoms with van der Waals surface area (Å²) in [6.45, 7) is 0. The molecule has 23 heavy (non-hydrogen) atoms. The topological polar surface area (TPSA) is 113 Å². The van der Waals surface area contributed by atoms with Crippen LogP contribution in [0.3, 0.4) is 0 Å². The first-order valence-corrected chi connectivity index (χ1v) is 6.87. The van der Waals surface area contributed by atoms with E-state index in [0.717, 1.165) is 0 Å². The average molecular weight is 332 g/mol. The number of anilines is 2. The van der Waals surface area contributed by atoms with Crippen molar-refractivity contribution >= 4 is 46.0 Å². The third-order valence-corrected chi connectivity index (χ3v) is 3.23. The third-order valence-electron chi connectivity index (χ3n) is 2.99. The number of benzene rings is 2. The number of amides is 2. The molecule has 3 N–H and O–H groups in total. The Morgan fingerprint density at radius 1 is 1.22 bits per heavy atom. The minimum atomic E-state index is -0.513.